The second kappa shape index (κ2) is 7.14. The van der Waals surface area contributed by atoms with E-state index < -0.39 is 8.80 Å². The van der Waals surface area contributed by atoms with Crippen molar-refractivity contribution in [2.45, 2.75) is 37.9 Å². The van der Waals surface area contributed by atoms with E-state index in [4.69, 9.17) is 0 Å². The molecule has 0 aliphatic carbocycles. The lowest BCUT2D eigenvalue weighted by Crippen LogP contribution is -2.27. The maximum atomic E-state index is 12.2. The van der Waals surface area contributed by atoms with E-state index in [0.29, 0.717) is 16.7 Å². The minimum absolute atomic E-state index is 0.241. The minimum Gasteiger partial charge on any atom is -0.288 e. The van der Waals surface area contributed by atoms with Crippen molar-refractivity contribution in [3.63, 3.8) is 0 Å². The van der Waals surface area contributed by atoms with Crippen molar-refractivity contribution < 1.29 is 9.59 Å². The van der Waals surface area contributed by atoms with Crippen LogP contribution < -0.4 is 5.32 Å². The Kier molecular flexibility index (Phi) is 4.95. The summed E-state index contributed by atoms with van der Waals surface area (Å²) in [6, 6.07) is 18.5. The first-order valence-corrected chi connectivity index (χ1v) is 10.5. The molecule has 1 unspecified atom stereocenters. The quantitative estimate of drug-likeness (QED) is 0.642. The summed E-state index contributed by atoms with van der Waals surface area (Å²) in [4.78, 5) is 24.1. The molecule has 123 valence electrons. The van der Waals surface area contributed by atoms with Crippen molar-refractivity contribution in [3.05, 3.63) is 70.8 Å². The van der Waals surface area contributed by atoms with E-state index in [1.165, 1.54) is 11.6 Å². The molecule has 0 spiro atoms. The van der Waals surface area contributed by atoms with Gasteiger partial charge in [-0.2, -0.15) is 0 Å². The number of imide groups is 1. The van der Waals surface area contributed by atoms with Crippen LogP contribution in [0.2, 0.25) is 6.04 Å². The second-order valence-corrected chi connectivity index (χ2v) is 9.38. The van der Waals surface area contributed by atoms with Crippen LogP contribution in [0.3, 0.4) is 0 Å². The summed E-state index contributed by atoms with van der Waals surface area (Å²) in [6.45, 7) is 4.44. The molecule has 4 heteroatoms. The molecule has 1 radical (unpaired) electrons. The maximum Gasteiger partial charge on any atom is 0.259 e. The van der Waals surface area contributed by atoms with Crippen LogP contribution in [0.1, 0.15) is 57.7 Å². The van der Waals surface area contributed by atoms with Crippen molar-refractivity contribution in [1.82, 2.24) is 5.32 Å². The summed E-state index contributed by atoms with van der Waals surface area (Å²) in [6.07, 6.45) is 1.14. The average Bonchev–Trinajstić information content (AvgIpc) is 2.89. The first-order valence-electron chi connectivity index (χ1n) is 8.49. The van der Waals surface area contributed by atoms with Gasteiger partial charge in [0.2, 0.25) is 0 Å². The summed E-state index contributed by atoms with van der Waals surface area (Å²) in [5, 5.41) is 2.43. The third kappa shape index (κ3) is 3.19. The number of hydrogen-bond donors (Lipinski definition) is 1. The fourth-order valence-corrected chi connectivity index (χ4v) is 6.46. The molecule has 0 fully saturated rings. The van der Waals surface area contributed by atoms with Gasteiger partial charge in [-0.05, 0) is 23.2 Å². The Labute approximate surface area is 144 Å². The van der Waals surface area contributed by atoms with Gasteiger partial charge < -0.3 is 0 Å². The normalized spacial score (nSPS) is 14.6. The van der Waals surface area contributed by atoms with Crippen molar-refractivity contribution in [3.8, 4) is 0 Å². The van der Waals surface area contributed by atoms with Crippen molar-refractivity contribution in [2.24, 2.45) is 0 Å². The second-order valence-electron chi connectivity index (χ2n) is 6.35. The molecule has 2 amide bonds. The molecule has 1 N–H and O–H groups in total. The number of nitrogens with one attached hydrogen (secondary N) is 1. The van der Waals surface area contributed by atoms with E-state index >= 15 is 0 Å². The Morgan fingerprint density at radius 3 is 2.46 bits per heavy atom. The fourth-order valence-electron chi connectivity index (χ4n) is 3.46. The summed E-state index contributed by atoms with van der Waals surface area (Å²) in [7, 11) is -0.730. The Morgan fingerprint density at radius 2 is 1.75 bits per heavy atom. The number of hydrogen-bond acceptors (Lipinski definition) is 2. The van der Waals surface area contributed by atoms with Gasteiger partial charge in [0.1, 0.15) is 0 Å². The molecule has 24 heavy (non-hydrogen) atoms. The topological polar surface area (TPSA) is 46.2 Å². The highest BCUT2D eigenvalue weighted by Gasteiger charge is 2.32. The number of rotatable bonds is 6. The zero-order chi connectivity index (χ0) is 17.1. The van der Waals surface area contributed by atoms with E-state index in [-0.39, 0.29) is 11.8 Å². The molecule has 1 aliphatic rings. The highest BCUT2D eigenvalue weighted by molar-refractivity contribution is 6.60. The molecule has 1 aliphatic heterocycles. The van der Waals surface area contributed by atoms with E-state index in [9.17, 15) is 9.59 Å². The monoisotopic (exact) mass is 336 g/mol. The lowest BCUT2D eigenvalue weighted by atomic mass is 10.0. The van der Waals surface area contributed by atoms with Crippen LogP contribution in [0.15, 0.2) is 48.5 Å². The van der Waals surface area contributed by atoms with Crippen LogP contribution in [0.4, 0.5) is 0 Å². The molecule has 2 aromatic rings. The van der Waals surface area contributed by atoms with E-state index in [2.05, 4.69) is 43.4 Å². The first kappa shape index (κ1) is 16.6. The molecule has 0 bridgehead atoms. The predicted octanol–water partition coefficient (Wildman–Crippen LogP) is 3.90. The molecular weight excluding hydrogens is 314 g/mol. The largest absolute Gasteiger partial charge is 0.288 e. The number of carbonyl (C=O) groups is 2. The molecule has 0 aromatic heterocycles. The summed E-state index contributed by atoms with van der Waals surface area (Å²) in [5.74, 6) is -0.508. The number of carbonyl (C=O) groups excluding carboxylic acids is 2. The van der Waals surface area contributed by atoms with Gasteiger partial charge in [-0.15, -0.1) is 0 Å². The number of amides is 2. The van der Waals surface area contributed by atoms with E-state index in [1.54, 1.807) is 6.07 Å². The Morgan fingerprint density at radius 1 is 1.00 bits per heavy atom. The molecule has 1 heterocycles. The van der Waals surface area contributed by atoms with Gasteiger partial charge in [0.15, 0.2) is 0 Å². The fraction of sp³-hybridized carbons (Fsp3) is 0.300. The standard InChI is InChI=1S/C20H22NO2Si/c1-3-12-24(13-15-8-5-4-6-9-15)14(2)16-10-7-11-17-18(16)20(23)21-19(17)22/h4-11,14H,3,12-13H2,1-2H3,(H,21,22,23). The molecule has 0 saturated carbocycles. The minimum atomic E-state index is -0.730. The Bertz CT molecular complexity index is 757. The third-order valence-electron chi connectivity index (χ3n) is 4.72. The molecule has 1 atom stereocenters. The molecule has 0 saturated heterocycles. The molecule has 3 nitrogen and oxygen atoms in total. The Balaban J connectivity index is 1.93. The van der Waals surface area contributed by atoms with Crippen LogP contribution in [0.25, 0.3) is 0 Å². The van der Waals surface area contributed by atoms with Crippen LogP contribution in [-0.2, 0) is 6.04 Å². The predicted molar refractivity (Wildman–Crippen MR) is 97.7 cm³/mol. The number of benzene rings is 2. The molecule has 2 aromatic carbocycles. The number of fused-ring (bicyclic) bond motifs is 1. The van der Waals surface area contributed by atoms with Gasteiger partial charge >= 0.3 is 0 Å². The van der Waals surface area contributed by atoms with E-state index in [1.807, 2.05) is 18.2 Å². The smallest absolute Gasteiger partial charge is 0.259 e. The summed E-state index contributed by atoms with van der Waals surface area (Å²) < 4.78 is 0. The van der Waals surface area contributed by atoms with Gasteiger partial charge in [-0.25, -0.2) is 0 Å². The van der Waals surface area contributed by atoms with Gasteiger partial charge in [0.05, 0.1) is 19.9 Å². The summed E-state index contributed by atoms with van der Waals surface area (Å²) in [5.41, 5.74) is 3.85. The van der Waals surface area contributed by atoms with Crippen LogP contribution in [0.5, 0.6) is 0 Å². The average molecular weight is 336 g/mol. The third-order valence-corrected chi connectivity index (χ3v) is 8.26. The Hall–Kier alpha value is -2.20. The first-order chi connectivity index (χ1) is 11.6. The van der Waals surface area contributed by atoms with Gasteiger partial charge in [-0.1, -0.05) is 74.3 Å². The van der Waals surface area contributed by atoms with Crippen molar-refractivity contribution in [1.29, 1.82) is 0 Å². The van der Waals surface area contributed by atoms with Crippen LogP contribution in [-0.4, -0.2) is 20.6 Å². The van der Waals surface area contributed by atoms with Crippen molar-refractivity contribution >= 4 is 20.6 Å². The summed E-state index contributed by atoms with van der Waals surface area (Å²) >= 11 is 0. The highest BCUT2D eigenvalue weighted by Crippen LogP contribution is 2.30. The SMILES string of the molecule is CCC[Si](Cc1ccccc1)C(C)c1cccc2c1C(=O)NC2=O. The maximum absolute atomic E-state index is 12.2. The van der Waals surface area contributed by atoms with Crippen LogP contribution in [0, 0.1) is 0 Å². The highest BCUT2D eigenvalue weighted by atomic mass is 28.3. The zero-order valence-electron chi connectivity index (χ0n) is 14.1. The van der Waals surface area contributed by atoms with Crippen LogP contribution >= 0.6 is 0 Å². The van der Waals surface area contributed by atoms with E-state index in [0.717, 1.165) is 18.0 Å². The lowest BCUT2D eigenvalue weighted by Gasteiger charge is -2.24. The lowest BCUT2D eigenvalue weighted by molar-refractivity contribution is 0.0879. The van der Waals surface area contributed by atoms with Crippen molar-refractivity contribution in [2.75, 3.05) is 0 Å². The molecule has 3 rings (SSSR count). The van der Waals surface area contributed by atoms with Gasteiger partial charge in [-0.3, -0.25) is 14.9 Å². The zero-order valence-corrected chi connectivity index (χ0v) is 15.1. The van der Waals surface area contributed by atoms with Gasteiger partial charge in [0, 0.05) is 0 Å². The molecular formula is C20H22NO2Si. The van der Waals surface area contributed by atoms with Gasteiger partial charge in [0.25, 0.3) is 11.8 Å².